The van der Waals surface area contributed by atoms with Gasteiger partial charge in [-0.1, -0.05) is 168 Å². The van der Waals surface area contributed by atoms with Gasteiger partial charge in [0.05, 0.1) is 19.8 Å². The van der Waals surface area contributed by atoms with E-state index in [0.717, 1.165) is 0 Å². The van der Waals surface area contributed by atoms with Crippen molar-refractivity contribution in [2.75, 3.05) is 33.5 Å². The zero-order chi connectivity index (χ0) is 28.5. The summed E-state index contributed by atoms with van der Waals surface area (Å²) in [5.74, 6) is 0.264. The molecule has 4 heteroatoms. The number of hydrogen-bond acceptors (Lipinski definition) is 4. The van der Waals surface area contributed by atoms with Crippen molar-refractivity contribution in [3.05, 3.63) is 0 Å². The van der Waals surface area contributed by atoms with E-state index in [9.17, 15) is 4.79 Å². The average molecular weight is 555 g/mol. The van der Waals surface area contributed by atoms with Gasteiger partial charge in [0.15, 0.2) is 0 Å². The lowest BCUT2D eigenvalue weighted by Gasteiger charge is -2.17. The highest BCUT2D eigenvalue weighted by Gasteiger charge is 2.12. The van der Waals surface area contributed by atoms with Crippen LogP contribution in [0.25, 0.3) is 0 Å². The molecule has 0 aromatic carbocycles. The molecule has 0 radical (unpaired) electrons. The van der Waals surface area contributed by atoms with Gasteiger partial charge in [0.25, 0.3) is 0 Å². The minimum absolute atomic E-state index is 0.0350. The van der Waals surface area contributed by atoms with E-state index in [1.54, 1.807) is 7.11 Å². The largest absolute Gasteiger partial charge is 0.464 e. The predicted molar refractivity (Wildman–Crippen MR) is 169 cm³/mol. The van der Waals surface area contributed by atoms with Crippen LogP contribution in [0, 0.1) is 5.92 Å². The Bertz CT molecular complexity index is 440. The van der Waals surface area contributed by atoms with Gasteiger partial charge in [-0.2, -0.15) is 0 Å². The molecule has 0 aliphatic heterocycles. The molecule has 0 bridgehead atoms. The second-order valence-corrected chi connectivity index (χ2v) is 11.9. The van der Waals surface area contributed by atoms with Gasteiger partial charge < -0.3 is 14.2 Å². The zero-order valence-corrected chi connectivity index (χ0v) is 26.9. The first-order chi connectivity index (χ1) is 19.2. The summed E-state index contributed by atoms with van der Waals surface area (Å²) >= 11 is 0. The molecule has 0 N–H and O–H groups in total. The molecule has 39 heavy (non-hydrogen) atoms. The van der Waals surface area contributed by atoms with E-state index in [2.05, 4.69) is 13.8 Å². The molecular weight excluding hydrogens is 484 g/mol. The van der Waals surface area contributed by atoms with E-state index >= 15 is 0 Å². The molecule has 0 rings (SSSR count). The van der Waals surface area contributed by atoms with Crippen molar-refractivity contribution in [1.29, 1.82) is 0 Å². The third-order valence-electron chi connectivity index (χ3n) is 8.06. The van der Waals surface area contributed by atoms with Crippen molar-refractivity contribution in [2.24, 2.45) is 5.92 Å². The van der Waals surface area contributed by atoms with Crippen LogP contribution in [-0.4, -0.2) is 39.5 Å². The number of rotatable bonds is 33. The molecule has 0 atom stereocenters. The van der Waals surface area contributed by atoms with Crippen LogP contribution in [0.5, 0.6) is 0 Å². The van der Waals surface area contributed by atoms with Gasteiger partial charge in [-0.15, -0.1) is 0 Å². The number of carbonyl (C=O) groups is 1. The molecule has 0 saturated carbocycles. The number of methoxy groups -OCH3 is 1. The highest BCUT2D eigenvalue weighted by atomic mass is 16.6. The Kier molecular flexibility index (Phi) is 33.1. The Balaban J connectivity index is 3.95. The fourth-order valence-corrected chi connectivity index (χ4v) is 5.41. The Labute approximate surface area is 245 Å². The first-order valence-electron chi connectivity index (χ1n) is 17.5. The van der Waals surface area contributed by atoms with Gasteiger partial charge in [0.1, 0.15) is 6.61 Å². The molecule has 0 aliphatic carbocycles. The van der Waals surface area contributed by atoms with E-state index in [4.69, 9.17) is 14.2 Å². The van der Waals surface area contributed by atoms with Gasteiger partial charge in [-0.05, 0) is 18.8 Å². The summed E-state index contributed by atoms with van der Waals surface area (Å²) in [6, 6.07) is 0. The number of ether oxygens (including phenoxy) is 3. The van der Waals surface area contributed by atoms with Gasteiger partial charge in [-0.3, -0.25) is 0 Å². The minimum atomic E-state index is -0.236. The smallest absolute Gasteiger partial charge is 0.332 e. The van der Waals surface area contributed by atoms with E-state index in [1.165, 1.54) is 167 Å². The molecule has 0 fully saturated rings. The second kappa shape index (κ2) is 33.6. The van der Waals surface area contributed by atoms with Crippen LogP contribution in [-0.2, 0) is 19.0 Å². The number of unbranched alkanes of at least 4 members (excludes halogenated alkanes) is 22. The average Bonchev–Trinajstić information content (AvgIpc) is 2.94. The molecule has 0 saturated heterocycles. The summed E-state index contributed by atoms with van der Waals surface area (Å²) in [5, 5.41) is 0. The van der Waals surface area contributed by atoms with Crippen LogP contribution in [0.3, 0.4) is 0 Å². The predicted octanol–water partition coefficient (Wildman–Crippen LogP) is 11.0. The molecule has 0 unspecified atom stereocenters. The van der Waals surface area contributed by atoms with Crippen LogP contribution in [0.2, 0.25) is 0 Å². The fraction of sp³-hybridized carbons (Fsp3) is 0.971. The topological polar surface area (TPSA) is 44.8 Å². The van der Waals surface area contributed by atoms with Crippen LogP contribution < -0.4 is 0 Å². The molecule has 0 aliphatic rings. The third-order valence-corrected chi connectivity index (χ3v) is 8.06. The van der Waals surface area contributed by atoms with Crippen molar-refractivity contribution < 1.29 is 19.0 Å². The molecule has 234 valence electrons. The van der Waals surface area contributed by atoms with Crippen LogP contribution in [0.4, 0.5) is 0 Å². The Morgan fingerprint density at radius 3 is 1.23 bits per heavy atom. The maximum Gasteiger partial charge on any atom is 0.332 e. The van der Waals surface area contributed by atoms with Crippen LogP contribution in [0.1, 0.15) is 181 Å². The normalized spacial score (nSPS) is 11.5. The van der Waals surface area contributed by atoms with Crippen LogP contribution >= 0.6 is 0 Å². The van der Waals surface area contributed by atoms with Crippen molar-refractivity contribution in [3.8, 4) is 0 Å². The van der Waals surface area contributed by atoms with Crippen molar-refractivity contribution in [3.63, 3.8) is 0 Å². The summed E-state index contributed by atoms with van der Waals surface area (Å²) in [5.41, 5.74) is 0. The Morgan fingerprint density at radius 1 is 0.513 bits per heavy atom. The fourth-order valence-electron chi connectivity index (χ4n) is 5.41. The van der Waals surface area contributed by atoms with Gasteiger partial charge >= 0.3 is 5.97 Å². The van der Waals surface area contributed by atoms with E-state index in [-0.39, 0.29) is 12.6 Å². The number of hydrogen-bond donors (Lipinski definition) is 0. The maximum atomic E-state index is 12.1. The van der Waals surface area contributed by atoms with Gasteiger partial charge in [0.2, 0.25) is 0 Å². The number of esters is 1. The lowest BCUT2D eigenvalue weighted by atomic mass is 9.94. The molecule has 0 amide bonds. The summed E-state index contributed by atoms with van der Waals surface area (Å²) in [6.07, 6.45) is 35.5. The quantitative estimate of drug-likeness (QED) is 0.0597. The van der Waals surface area contributed by atoms with Crippen molar-refractivity contribution in [1.82, 2.24) is 0 Å². The monoisotopic (exact) mass is 555 g/mol. The first kappa shape index (κ1) is 38.4. The molecule has 0 heterocycles. The summed E-state index contributed by atoms with van der Waals surface area (Å²) < 4.78 is 15.9. The van der Waals surface area contributed by atoms with Crippen molar-refractivity contribution in [2.45, 2.75) is 181 Å². The van der Waals surface area contributed by atoms with E-state index in [0.29, 0.717) is 25.7 Å². The Hall–Kier alpha value is -0.610. The van der Waals surface area contributed by atoms with E-state index < -0.39 is 0 Å². The van der Waals surface area contributed by atoms with Gasteiger partial charge in [-0.25, -0.2) is 4.79 Å². The molecule has 0 aromatic rings. The minimum Gasteiger partial charge on any atom is -0.464 e. The van der Waals surface area contributed by atoms with Gasteiger partial charge in [0, 0.05) is 7.11 Å². The highest BCUT2D eigenvalue weighted by Crippen LogP contribution is 2.21. The maximum absolute atomic E-state index is 12.1. The summed E-state index contributed by atoms with van der Waals surface area (Å²) in [6.45, 7) is 6.11. The molecule has 0 spiro atoms. The SMILES string of the molecule is CCCCCCCCCCCCCCC(CCCCCCCCCCCCCC)COC(=O)COCCOC. The third kappa shape index (κ3) is 31.8. The molecule has 4 nitrogen and oxygen atoms in total. The zero-order valence-electron chi connectivity index (χ0n) is 26.9. The number of carbonyl (C=O) groups excluding carboxylic acids is 1. The summed E-state index contributed by atoms with van der Waals surface area (Å²) in [7, 11) is 1.64. The summed E-state index contributed by atoms with van der Waals surface area (Å²) in [4.78, 5) is 12.1. The molecular formula is C35H70O4. The van der Waals surface area contributed by atoms with Crippen LogP contribution in [0.15, 0.2) is 0 Å². The lowest BCUT2D eigenvalue weighted by Crippen LogP contribution is -2.19. The van der Waals surface area contributed by atoms with Crippen molar-refractivity contribution >= 4 is 5.97 Å². The highest BCUT2D eigenvalue weighted by molar-refractivity contribution is 5.70. The second-order valence-electron chi connectivity index (χ2n) is 11.9. The first-order valence-corrected chi connectivity index (χ1v) is 17.5. The Morgan fingerprint density at radius 2 is 0.872 bits per heavy atom. The lowest BCUT2D eigenvalue weighted by molar-refractivity contribution is -0.150. The standard InChI is InChI=1S/C35H70O4/c1-4-6-8-10-12-14-16-18-20-22-24-26-28-34(32-39-35(36)33-38-31-30-37-3)29-27-25-23-21-19-17-15-13-11-9-7-5-2/h34H,4-33H2,1-3H3. The molecule has 0 aromatic heterocycles. The van der Waals surface area contributed by atoms with E-state index in [1.807, 2.05) is 0 Å².